The van der Waals surface area contributed by atoms with Crippen molar-refractivity contribution in [3.8, 4) is 5.75 Å². The van der Waals surface area contributed by atoms with Crippen LogP contribution in [0.1, 0.15) is 0 Å². The number of sulfonamides is 1. The van der Waals surface area contributed by atoms with Crippen molar-refractivity contribution >= 4 is 42.3 Å². The van der Waals surface area contributed by atoms with E-state index in [1.165, 1.54) is 7.11 Å². The van der Waals surface area contributed by atoms with Gasteiger partial charge in [-0.05, 0) is 47.9 Å². The van der Waals surface area contributed by atoms with Crippen molar-refractivity contribution in [1.29, 1.82) is 0 Å². The molecule has 3 rings (SSSR count). The van der Waals surface area contributed by atoms with E-state index < -0.39 is 25.0 Å². The standard InChI is InChI=1S/C17H16N2O6S2/c1-25-16-9-2-11-10-12(3-8-15(11)17(16)18)19-26(20,21)13-4-6-14(7-5-13)27(22,23)24/h2-10,19H,18H2,1H3,(H,22,23,24). The average Bonchev–Trinajstić information content (AvgIpc) is 2.61. The highest BCUT2D eigenvalue weighted by Gasteiger charge is 2.17. The number of nitrogen functional groups attached to an aromatic ring is 1. The Hall–Kier alpha value is -2.82. The predicted molar refractivity (Wildman–Crippen MR) is 102 cm³/mol. The van der Waals surface area contributed by atoms with Gasteiger partial charge in [-0.25, -0.2) is 8.42 Å². The molecule has 0 radical (unpaired) electrons. The Kier molecular flexibility index (Phi) is 4.72. The van der Waals surface area contributed by atoms with Crippen LogP contribution in [0.5, 0.6) is 5.75 Å². The third kappa shape index (κ3) is 3.82. The number of benzene rings is 3. The average molecular weight is 408 g/mol. The maximum Gasteiger partial charge on any atom is 0.294 e. The summed E-state index contributed by atoms with van der Waals surface area (Å²) in [4.78, 5) is -0.541. The zero-order chi connectivity index (χ0) is 19.8. The number of methoxy groups -OCH3 is 1. The normalized spacial score (nSPS) is 12.1. The van der Waals surface area contributed by atoms with Crippen LogP contribution in [-0.2, 0) is 20.1 Å². The summed E-state index contributed by atoms with van der Waals surface area (Å²) in [5, 5.41) is 1.44. The van der Waals surface area contributed by atoms with Gasteiger partial charge >= 0.3 is 0 Å². The molecule has 0 amide bonds. The van der Waals surface area contributed by atoms with Crippen molar-refractivity contribution in [2.75, 3.05) is 17.6 Å². The van der Waals surface area contributed by atoms with Crippen LogP contribution in [0.4, 0.5) is 11.4 Å². The van der Waals surface area contributed by atoms with Crippen LogP contribution in [-0.4, -0.2) is 28.5 Å². The first kappa shape index (κ1) is 19.0. The Morgan fingerprint density at radius 3 is 2.15 bits per heavy atom. The minimum absolute atomic E-state index is 0.149. The molecular formula is C17H16N2O6S2. The highest BCUT2D eigenvalue weighted by molar-refractivity contribution is 7.92. The van der Waals surface area contributed by atoms with E-state index in [9.17, 15) is 16.8 Å². The van der Waals surface area contributed by atoms with E-state index in [1.54, 1.807) is 30.3 Å². The number of hydrogen-bond acceptors (Lipinski definition) is 6. The van der Waals surface area contributed by atoms with Gasteiger partial charge in [-0.2, -0.15) is 8.42 Å². The lowest BCUT2D eigenvalue weighted by Gasteiger charge is -2.11. The van der Waals surface area contributed by atoms with E-state index in [4.69, 9.17) is 15.0 Å². The first-order valence-electron chi connectivity index (χ1n) is 7.58. The van der Waals surface area contributed by atoms with Crippen molar-refractivity contribution in [3.05, 3.63) is 54.6 Å². The van der Waals surface area contributed by atoms with Gasteiger partial charge in [0.1, 0.15) is 5.75 Å². The lowest BCUT2D eigenvalue weighted by atomic mass is 10.1. The molecule has 0 aromatic heterocycles. The van der Waals surface area contributed by atoms with E-state index in [2.05, 4.69) is 4.72 Å². The second-order valence-corrected chi connectivity index (χ2v) is 8.77. The van der Waals surface area contributed by atoms with Crippen molar-refractivity contribution < 1.29 is 26.1 Å². The van der Waals surface area contributed by atoms with Crippen LogP contribution < -0.4 is 15.2 Å². The molecule has 0 heterocycles. The van der Waals surface area contributed by atoms with Crippen molar-refractivity contribution in [1.82, 2.24) is 0 Å². The van der Waals surface area contributed by atoms with Crippen LogP contribution in [0.25, 0.3) is 10.8 Å². The number of ether oxygens (including phenoxy) is 1. The van der Waals surface area contributed by atoms with Crippen LogP contribution in [0.2, 0.25) is 0 Å². The Labute approximate surface area is 156 Å². The highest BCUT2D eigenvalue weighted by Crippen LogP contribution is 2.32. The molecule has 3 aromatic rings. The number of hydrogen-bond donors (Lipinski definition) is 3. The minimum Gasteiger partial charge on any atom is -0.495 e. The number of rotatable bonds is 5. The number of nitrogens with one attached hydrogen (secondary N) is 1. The summed E-state index contributed by atoms with van der Waals surface area (Å²) in [6, 6.07) is 12.5. The van der Waals surface area contributed by atoms with Crippen LogP contribution in [0, 0.1) is 0 Å². The molecule has 0 atom stereocenters. The Morgan fingerprint density at radius 1 is 0.926 bits per heavy atom. The Bertz CT molecular complexity index is 1220. The largest absolute Gasteiger partial charge is 0.495 e. The maximum absolute atomic E-state index is 12.5. The molecule has 142 valence electrons. The number of anilines is 2. The van der Waals surface area contributed by atoms with Gasteiger partial charge in [0.15, 0.2) is 0 Å². The summed E-state index contributed by atoms with van der Waals surface area (Å²) in [6.07, 6.45) is 0. The van der Waals surface area contributed by atoms with Gasteiger partial charge in [-0.1, -0.05) is 12.1 Å². The smallest absolute Gasteiger partial charge is 0.294 e. The first-order chi connectivity index (χ1) is 12.6. The quantitative estimate of drug-likeness (QED) is 0.436. The molecule has 0 aliphatic rings. The summed E-state index contributed by atoms with van der Waals surface area (Å²) in [5.41, 5.74) is 6.77. The van der Waals surface area contributed by atoms with Gasteiger partial charge in [0.25, 0.3) is 20.1 Å². The van der Waals surface area contributed by atoms with E-state index in [-0.39, 0.29) is 4.90 Å². The third-order valence-corrected chi connectivity index (χ3v) is 6.19. The van der Waals surface area contributed by atoms with Crippen molar-refractivity contribution in [3.63, 3.8) is 0 Å². The minimum atomic E-state index is -4.40. The van der Waals surface area contributed by atoms with E-state index >= 15 is 0 Å². The first-order valence-corrected chi connectivity index (χ1v) is 10.5. The molecule has 0 fully saturated rings. The van der Waals surface area contributed by atoms with Gasteiger partial charge in [0.05, 0.1) is 22.6 Å². The molecular weight excluding hydrogens is 392 g/mol. The fourth-order valence-corrected chi connectivity index (χ4v) is 4.11. The molecule has 8 nitrogen and oxygen atoms in total. The summed E-state index contributed by atoms with van der Waals surface area (Å²) in [6.45, 7) is 0. The molecule has 3 aromatic carbocycles. The fourth-order valence-electron chi connectivity index (χ4n) is 2.58. The molecule has 0 aliphatic heterocycles. The van der Waals surface area contributed by atoms with Gasteiger partial charge in [-0.3, -0.25) is 9.27 Å². The summed E-state index contributed by atoms with van der Waals surface area (Å²) >= 11 is 0. The van der Waals surface area contributed by atoms with E-state index in [0.717, 1.165) is 35.0 Å². The van der Waals surface area contributed by atoms with Crippen molar-refractivity contribution in [2.24, 2.45) is 0 Å². The van der Waals surface area contributed by atoms with E-state index in [1.807, 2.05) is 0 Å². The molecule has 0 bridgehead atoms. The van der Waals surface area contributed by atoms with Gasteiger partial charge in [0, 0.05) is 11.1 Å². The predicted octanol–water partition coefficient (Wildman–Crippen LogP) is 2.48. The molecule has 0 unspecified atom stereocenters. The Morgan fingerprint density at radius 2 is 1.56 bits per heavy atom. The molecule has 27 heavy (non-hydrogen) atoms. The SMILES string of the molecule is COc1ccc2cc(NS(=O)(=O)c3ccc(S(=O)(=O)O)cc3)ccc2c1N. The fraction of sp³-hybridized carbons (Fsp3) is 0.0588. The lowest BCUT2D eigenvalue weighted by Crippen LogP contribution is -2.13. The topological polar surface area (TPSA) is 136 Å². The zero-order valence-electron chi connectivity index (χ0n) is 14.1. The monoisotopic (exact) mass is 408 g/mol. The second-order valence-electron chi connectivity index (χ2n) is 5.67. The second kappa shape index (κ2) is 6.72. The summed E-state index contributed by atoms with van der Waals surface area (Å²) < 4.78 is 63.6. The van der Waals surface area contributed by atoms with Gasteiger partial charge < -0.3 is 10.5 Å². The molecule has 4 N–H and O–H groups in total. The third-order valence-electron chi connectivity index (χ3n) is 3.93. The van der Waals surface area contributed by atoms with Crippen LogP contribution in [0.15, 0.2) is 64.4 Å². The lowest BCUT2D eigenvalue weighted by molar-refractivity contribution is 0.417. The molecule has 0 spiro atoms. The molecule has 0 aliphatic carbocycles. The van der Waals surface area contributed by atoms with Gasteiger partial charge in [-0.15, -0.1) is 0 Å². The molecule has 0 saturated carbocycles. The summed E-state index contributed by atoms with van der Waals surface area (Å²) in [5.74, 6) is 0.523. The van der Waals surface area contributed by atoms with Crippen molar-refractivity contribution in [2.45, 2.75) is 9.79 Å². The van der Waals surface area contributed by atoms with Crippen LogP contribution in [0.3, 0.4) is 0 Å². The zero-order valence-corrected chi connectivity index (χ0v) is 15.7. The van der Waals surface area contributed by atoms with Gasteiger partial charge in [0.2, 0.25) is 0 Å². The highest BCUT2D eigenvalue weighted by atomic mass is 32.2. The van der Waals surface area contributed by atoms with Crippen LogP contribution >= 0.6 is 0 Å². The molecule has 0 saturated heterocycles. The molecule has 10 heteroatoms. The maximum atomic E-state index is 12.5. The Balaban J connectivity index is 1.93. The number of nitrogens with two attached hydrogens (primary N) is 1. The summed E-state index contributed by atoms with van der Waals surface area (Å²) in [7, 11) is -6.84. The van der Waals surface area contributed by atoms with E-state index in [0.29, 0.717) is 17.1 Å². The number of fused-ring (bicyclic) bond motifs is 1.